The van der Waals surface area contributed by atoms with Gasteiger partial charge in [-0.3, -0.25) is 0 Å². The van der Waals surface area contributed by atoms with Gasteiger partial charge in [0.1, 0.15) is 5.82 Å². The third kappa shape index (κ3) is 4.57. The molecule has 10 rings (SSSR count). The summed E-state index contributed by atoms with van der Waals surface area (Å²) >= 11 is 0. The molecule has 0 aliphatic rings. The van der Waals surface area contributed by atoms with Crippen LogP contribution >= 0.6 is 0 Å². The average Bonchev–Trinajstić information content (AvgIpc) is 3.76. The second-order valence-corrected chi connectivity index (χ2v) is 13.8. The minimum Gasteiger partial charge on any atom is -0.503 e. The van der Waals surface area contributed by atoms with Crippen molar-refractivity contribution in [3.05, 3.63) is 145 Å². The number of nitrogens with zero attached hydrogens (tertiary/aromatic N) is 4. The summed E-state index contributed by atoms with van der Waals surface area (Å²) in [5.74, 6) is 2.07. The van der Waals surface area contributed by atoms with Crippen molar-refractivity contribution in [2.75, 3.05) is 0 Å². The number of ether oxygens (including phenoxy) is 1. The van der Waals surface area contributed by atoms with Gasteiger partial charge in [0.25, 0.3) is 0 Å². The molecule has 5 aromatic heterocycles. The van der Waals surface area contributed by atoms with Gasteiger partial charge in [0.15, 0.2) is 0 Å². The molecule has 0 fully saturated rings. The van der Waals surface area contributed by atoms with Gasteiger partial charge >= 0.3 is 21.1 Å². The van der Waals surface area contributed by atoms with Crippen LogP contribution < -0.4 is 4.74 Å². The predicted octanol–water partition coefficient (Wildman–Crippen LogP) is 11.1. The fourth-order valence-corrected chi connectivity index (χ4v) is 7.42. The number of hydrogen-bond acceptors (Lipinski definition) is 3. The Morgan fingerprint density at radius 2 is 1.30 bits per heavy atom. The van der Waals surface area contributed by atoms with Gasteiger partial charge in [0.05, 0.1) is 11.0 Å². The van der Waals surface area contributed by atoms with E-state index in [0.29, 0.717) is 11.5 Å². The molecule has 0 unspecified atom stereocenters. The number of aromatic nitrogens is 4. The van der Waals surface area contributed by atoms with Crippen molar-refractivity contribution in [3.63, 3.8) is 0 Å². The first-order valence-corrected chi connectivity index (χ1v) is 16.6. The van der Waals surface area contributed by atoms with E-state index >= 15 is 0 Å². The van der Waals surface area contributed by atoms with Crippen LogP contribution in [-0.2, 0) is 26.5 Å². The molecule has 10 aromatic rings. The van der Waals surface area contributed by atoms with E-state index in [4.69, 9.17) is 14.7 Å². The fourth-order valence-electron chi connectivity index (χ4n) is 7.42. The van der Waals surface area contributed by atoms with Crippen molar-refractivity contribution in [1.82, 2.24) is 18.9 Å². The maximum Gasteiger partial charge on any atom is 2.00 e. The molecule has 5 nitrogen and oxygen atoms in total. The summed E-state index contributed by atoms with van der Waals surface area (Å²) in [4.78, 5) is 9.72. The van der Waals surface area contributed by atoms with Gasteiger partial charge in [0.2, 0.25) is 0 Å². The maximum absolute atomic E-state index is 6.47. The van der Waals surface area contributed by atoms with Crippen LogP contribution in [0.15, 0.2) is 128 Å². The van der Waals surface area contributed by atoms with E-state index in [0.717, 1.165) is 49.8 Å². The van der Waals surface area contributed by atoms with Gasteiger partial charge in [-0.1, -0.05) is 93.0 Å². The zero-order valence-corrected chi connectivity index (χ0v) is 29.9. The molecule has 0 saturated carbocycles. The summed E-state index contributed by atoms with van der Waals surface area (Å²) in [6, 6.07) is 47.1. The molecule has 0 saturated heterocycles. The first-order valence-electron chi connectivity index (χ1n) is 16.6. The molecule has 0 amide bonds. The Balaban J connectivity index is 0.00000336. The molecule has 6 heteroatoms. The van der Waals surface area contributed by atoms with E-state index in [2.05, 4.69) is 133 Å². The normalized spacial score (nSPS) is 12.1. The van der Waals surface area contributed by atoms with Crippen LogP contribution in [0.4, 0.5) is 0 Å². The van der Waals surface area contributed by atoms with Crippen LogP contribution in [0.3, 0.4) is 0 Å². The number of rotatable bonds is 4. The van der Waals surface area contributed by atoms with E-state index < -0.39 is 0 Å². The van der Waals surface area contributed by atoms with Crippen LogP contribution in [0.5, 0.6) is 11.5 Å². The Bertz CT molecular complexity index is 2910. The molecule has 242 valence electrons. The van der Waals surface area contributed by atoms with E-state index in [-0.39, 0.29) is 26.5 Å². The van der Waals surface area contributed by atoms with Crippen molar-refractivity contribution in [1.29, 1.82) is 0 Å². The molecule has 0 spiro atoms. The van der Waals surface area contributed by atoms with Crippen molar-refractivity contribution < 1.29 is 25.8 Å². The van der Waals surface area contributed by atoms with E-state index in [9.17, 15) is 0 Å². The topological polar surface area (TPSA) is 44.3 Å². The molecule has 0 N–H and O–H groups in total. The molecule has 5 aromatic carbocycles. The molecular formula is C44H30N4OPt. The third-order valence-corrected chi connectivity index (χ3v) is 9.77. The van der Waals surface area contributed by atoms with E-state index in [1.165, 1.54) is 32.8 Å². The Labute approximate surface area is 303 Å². The molecule has 5 heterocycles. The number of para-hydroxylation sites is 3. The first kappa shape index (κ1) is 30.5. The van der Waals surface area contributed by atoms with Crippen molar-refractivity contribution in [2.45, 2.75) is 26.2 Å². The standard InChI is InChI=1S/C44H30N4O.Pt/c1-44(2,3)28-20-21-45-42(23-28)47-38-16-6-4-12-31(38)33-19-18-30(24-40(33)47)49-29-11-8-10-27(22-29)37-25-41-36(26-46-37)35-15-9-14-34-32-13-5-7-17-39(32)48(41)43(34)35;/h4-21,23,25-26H,1-3H3;/q-2;+2. The maximum atomic E-state index is 6.47. The van der Waals surface area contributed by atoms with Gasteiger partial charge in [0, 0.05) is 56.5 Å². The zero-order valence-electron chi connectivity index (χ0n) is 27.6. The number of pyridine rings is 2. The van der Waals surface area contributed by atoms with Crippen LogP contribution in [0.2, 0.25) is 0 Å². The molecule has 50 heavy (non-hydrogen) atoms. The summed E-state index contributed by atoms with van der Waals surface area (Å²) in [7, 11) is 0. The van der Waals surface area contributed by atoms with Crippen LogP contribution in [0, 0.1) is 12.1 Å². The monoisotopic (exact) mass is 825 g/mol. The van der Waals surface area contributed by atoms with Crippen molar-refractivity contribution in [2.24, 2.45) is 0 Å². The molecular weight excluding hydrogens is 796 g/mol. The average molecular weight is 826 g/mol. The summed E-state index contributed by atoms with van der Waals surface area (Å²) in [6.07, 6.45) is 3.89. The minimum absolute atomic E-state index is 0. The summed E-state index contributed by atoms with van der Waals surface area (Å²) in [5, 5.41) is 7.12. The van der Waals surface area contributed by atoms with Gasteiger partial charge in [-0.05, 0) is 46.3 Å². The van der Waals surface area contributed by atoms with Crippen LogP contribution in [0.1, 0.15) is 26.3 Å². The summed E-state index contributed by atoms with van der Waals surface area (Å²) < 4.78 is 11.0. The third-order valence-electron chi connectivity index (χ3n) is 9.77. The number of benzene rings is 5. The van der Waals surface area contributed by atoms with E-state index in [1.54, 1.807) is 0 Å². The van der Waals surface area contributed by atoms with Crippen molar-refractivity contribution in [3.8, 4) is 28.6 Å². The van der Waals surface area contributed by atoms with Crippen LogP contribution in [-0.4, -0.2) is 18.9 Å². The molecule has 0 radical (unpaired) electrons. The number of fused-ring (bicyclic) bond motifs is 9. The largest absolute Gasteiger partial charge is 2.00 e. The number of hydrogen-bond donors (Lipinski definition) is 0. The summed E-state index contributed by atoms with van der Waals surface area (Å²) in [6.45, 7) is 6.66. The predicted molar refractivity (Wildman–Crippen MR) is 199 cm³/mol. The quantitative estimate of drug-likeness (QED) is 0.166. The Kier molecular flexibility index (Phi) is 6.88. The van der Waals surface area contributed by atoms with Gasteiger partial charge in [-0.15, -0.1) is 41.3 Å². The Morgan fingerprint density at radius 1 is 0.600 bits per heavy atom. The van der Waals surface area contributed by atoms with Crippen molar-refractivity contribution >= 4 is 59.9 Å². The zero-order chi connectivity index (χ0) is 32.9. The smallest absolute Gasteiger partial charge is 0.503 e. The molecule has 0 aliphatic heterocycles. The fraction of sp³-hybridized carbons (Fsp3) is 0.0909. The Hall–Kier alpha value is -5.51. The van der Waals surface area contributed by atoms with Gasteiger partial charge < -0.3 is 18.7 Å². The Morgan fingerprint density at radius 3 is 2.12 bits per heavy atom. The first-order chi connectivity index (χ1) is 23.9. The van der Waals surface area contributed by atoms with Gasteiger partial charge in [-0.25, -0.2) is 4.98 Å². The second kappa shape index (κ2) is 11.3. The SMILES string of the molecule is CC(C)(C)c1ccnc(-n2c3[c-]c(Oc4[c-]c(-c5cc6c(cn5)c5cccc7c8ccccc8n6c75)ccc4)ccc3c3ccccc32)c1.[Pt+2]. The molecule has 0 bridgehead atoms. The van der Waals surface area contributed by atoms with Gasteiger partial charge in [-0.2, -0.15) is 6.07 Å². The van der Waals surface area contributed by atoms with E-state index in [1.807, 2.05) is 36.7 Å². The molecule has 0 atom stereocenters. The summed E-state index contributed by atoms with van der Waals surface area (Å²) in [5.41, 5.74) is 8.49. The second-order valence-electron chi connectivity index (χ2n) is 13.8. The van der Waals surface area contributed by atoms with Crippen LogP contribution in [0.25, 0.3) is 77.0 Å². The molecule has 0 aliphatic carbocycles. The minimum atomic E-state index is -0.00509.